The van der Waals surface area contributed by atoms with Gasteiger partial charge in [-0.05, 0) is 37.5 Å². The number of carbonyl (C=O) groups excluding carboxylic acids is 3. The van der Waals surface area contributed by atoms with E-state index in [1.54, 1.807) is 70.2 Å². The minimum atomic E-state index is -1.07. The number of halogens is 1. The Bertz CT molecular complexity index is 1750. The summed E-state index contributed by atoms with van der Waals surface area (Å²) in [5.41, 5.74) is -0.0664. The van der Waals surface area contributed by atoms with Crippen molar-refractivity contribution < 1.29 is 27.9 Å². The van der Waals surface area contributed by atoms with Gasteiger partial charge in [-0.1, -0.05) is 56.3 Å². The van der Waals surface area contributed by atoms with Crippen LogP contribution in [0.4, 0.5) is 14.9 Å². The first-order chi connectivity index (χ1) is 20.5. The predicted octanol–water partition coefficient (Wildman–Crippen LogP) is 3.84. The van der Waals surface area contributed by atoms with Gasteiger partial charge in [-0.25, -0.2) is 14.2 Å². The molecule has 13 heteroatoms. The monoisotopic (exact) mass is 588 g/mol. The van der Waals surface area contributed by atoms with Gasteiger partial charge in [-0.2, -0.15) is 0 Å². The maximum absolute atomic E-state index is 13.5. The SMILES string of the molecule is CC(C)[C@H](NC(=O)Cn1c(-c2ccccc2)nc2c(c1=O)NC(=O)OC2)C(=O)c1nnc(C(C)(C)c2ccc(F)cc2)o1. The summed E-state index contributed by atoms with van der Waals surface area (Å²) in [6.45, 7) is 6.38. The minimum absolute atomic E-state index is 0.0811. The zero-order chi connectivity index (χ0) is 30.9. The number of benzene rings is 2. The highest BCUT2D eigenvalue weighted by Gasteiger charge is 2.34. The topological polar surface area (TPSA) is 158 Å². The van der Waals surface area contributed by atoms with Crippen LogP contribution in [-0.2, 0) is 28.1 Å². The number of hydrogen-bond acceptors (Lipinski definition) is 9. The zero-order valence-electron chi connectivity index (χ0n) is 23.9. The van der Waals surface area contributed by atoms with Crippen molar-refractivity contribution in [3.63, 3.8) is 0 Å². The van der Waals surface area contributed by atoms with Gasteiger partial charge in [0.15, 0.2) is 0 Å². The molecule has 1 aliphatic rings. The first-order valence-electron chi connectivity index (χ1n) is 13.5. The number of rotatable bonds is 9. The van der Waals surface area contributed by atoms with Crippen LogP contribution in [0.3, 0.4) is 0 Å². The van der Waals surface area contributed by atoms with Gasteiger partial charge in [0, 0.05) is 5.56 Å². The van der Waals surface area contributed by atoms with Gasteiger partial charge in [-0.3, -0.25) is 24.3 Å². The second-order valence-electron chi connectivity index (χ2n) is 10.9. The molecule has 1 aliphatic heterocycles. The standard InChI is InChI=1S/C30H29FN6O6/c1-16(2)22(24(39)26-35-36-28(43-26)30(3,4)18-10-12-19(31)13-11-18)33-21(38)14-37-25(17-8-6-5-7-9-17)32-20-15-42-29(41)34-23(20)27(37)40/h5-13,16,22H,14-15H2,1-4H3,(H,33,38)(H,34,41)/t22-/m0/s1. The lowest BCUT2D eigenvalue weighted by atomic mass is 9.84. The highest BCUT2D eigenvalue weighted by molar-refractivity contribution is 5.98. The van der Waals surface area contributed by atoms with Crippen LogP contribution in [0.15, 0.2) is 63.8 Å². The van der Waals surface area contributed by atoms with E-state index in [0.717, 1.165) is 4.57 Å². The Morgan fingerprint density at radius 3 is 2.44 bits per heavy atom. The summed E-state index contributed by atoms with van der Waals surface area (Å²) in [5.74, 6) is -2.01. The smallest absolute Gasteiger partial charge is 0.412 e. The quantitative estimate of drug-likeness (QED) is 0.277. The van der Waals surface area contributed by atoms with Crippen LogP contribution in [0.5, 0.6) is 0 Å². The van der Waals surface area contributed by atoms with E-state index in [1.165, 1.54) is 12.1 Å². The highest BCUT2D eigenvalue weighted by atomic mass is 19.1. The minimum Gasteiger partial charge on any atom is -0.443 e. The Hall–Kier alpha value is -5.20. The molecule has 2 N–H and O–H groups in total. The van der Waals surface area contributed by atoms with Gasteiger partial charge in [0.05, 0.1) is 11.5 Å². The van der Waals surface area contributed by atoms with Crippen molar-refractivity contribution in [2.45, 2.75) is 52.3 Å². The zero-order valence-corrected chi connectivity index (χ0v) is 23.9. The largest absolute Gasteiger partial charge is 0.443 e. The number of aromatic nitrogens is 4. The van der Waals surface area contributed by atoms with Crippen LogP contribution in [0.25, 0.3) is 11.4 Å². The van der Waals surface area contributed by atoms with Crippen molar-refractivity contribution in [3.05, 3.63) is 93.8 Å². The van der Waals surface area contributed by atoms with Gasteiger partial charge in [-0.15, -0.1) is 10.2 Å². The fourth-order valence-electron chi connectivity index (χ4n) is 4.65. The summed E-state index contributed by atoms with van der Waals surface area (Å²) in [5, 5.41) is 13.0. The van der Waals surface area contributed by atoms with Gasteiger partial charge in [0.2, 0.25) is 17.6 Å². The van der Waals surface area contributed by atoms with Crippen LogP contribution in [0.1, 0.15) is 55.5 Å². The molecular formula is C30H29FN6O6. The van der Waals surface area contributed by atoms with Crippen molar-refractivity contribution in [1.29, 1.82) is 0 Å². The summed E-state index contributed by atoms with van der Waals surface area (Å²) in [6, 6.07) is 13.5. The van der Waals surface area contributed by atoms with Crippen LogP contribution < -0.4 is 16.2 Å². The number of cyclic esters (lactones) is 1. The number of Topliss-reactive ketones (excluding diaryl/α,β-unsaturated/α-hetero) is 1. The van der Waals surface area contributed by atoms with Gasteiger partial charge >= 0.3 is 6.09 Å². The molecule has 43 heavy (non-hydrogen) atoms. The number of ether oxygens (including phenoxy) is 1. The third-order valence-electron chi connectivity index (χ3n) is 7.15. The van der Waals surface area contributed by atoms with E-state index in [0.29, 0.717) is 11.1 Å². The van der Waals surface area contributed by atoms with Crippen molar-refractivity contribution >= 4 is 23.5 Å². The summed E-state index contributed by atoms with van der Waals surface area (Å²) in [6.07, 6.45) is -0.804. The van der Waals surface area contributed by atoms with Crippen LogP contribution in [0.2, 0.25) is 0 Å². The van der Waals surface area contributed by atoms with E-state index < -0.39 is 41.3 Å². The van der Waals surface area contributed by atoms with E-state index in [4.69, 9.17) is 9.15 Å². The Balaban J connectivity index is 1.40. The predicted molar refractivity (Wildman–Crippen MR) is 152 cm³/mol. The first kappa shape index (κ1) is 29.3. The molecule has 0 spiro atoms. The Kier molecular flexibility index (Phi) is 7.89. The number of carbonyl (C=O) groups is 3. The van der Waals surface area contributed by atoms with E-state index in [9.17, 15) is 23.6 Å². The van der Waals surface area contributed by atoms with E-state index >= 15 is 0 Å². The van der Waals surface area contributed by atoms with Crippen molar-refractivity contribution in [2.24, 2.45) is 5.92 Å². The Morgan fingerprint density at radius 2 is 1.77 bits per heavy atom. The lowest BCUT2D eigenvalue weighted by Crippen LogP contribution is -2.47. The van der Waals surface area contributed by atoms with E-state index in [1.807, 2.05) is 0 Å². The molecule has 0 saturated heterocycles. The number of amides is 2. The number of nitrogens with zero attached hydrogens (tertiary/aromatic N) is 4. The Morgan fingerprint density at radius 1 is 1.07 bits per heavy atom. The maximum atomic E-state index is 13.5. The maximum Gasteiger partial charge on any atom is 0.412 e. The van der Waals surface area contributed by atoms with Crippen molar-refractivity contribution in [2.75, 3.05) is 5.32 Å². The molecule has 12 nitrogen and oxygen atoms in total. The third-order valence-corrected chi connectivity index (χ3v) is 7.15. The van der Waals surface area contributed by atoms with Gasteiger partial charge in [0.1, 0.15) is 36.2 Å². The second kappa shape index (κ2) is 11.6. The molecule has 0 unspecified atom stereocenters. The molecule has 2 aromatic carbocycles. The molecule has 3 heterocycles. The fraction of sp³-hybridized carbons (Fsp3) is 0.300. The molecule has 5 rings (SSSR count). The molecule has 0 radical (unpaired) electrons. The molecule has 222 valence electrons. The fourth-order valence-corrected chi connectivity index (χ4v) is 4.65. The van der Waals surface area contributed by atoms with Crippen molar-refractivity contribution in [3.8, 4) is 11.4 Å². The van der Waals surface area contributed by atoms with E-state index in [-0.39, 0.29) is 47.3 Å². The van der Waals surface area contributed by atoms with Crippen LogP contribution in [0, 0.1) is 11.7 Å². The summed E-state index contributed by atoms with van der Waals surface area (Å²) in [7, 11) is 0. The van der Waals surface area contributed by atoms with Gasteiger partial charge < -0.3 is 14.5 Å². The lowest BCUT2D eigenvalue weighted by Gasteiger charge is -2.22. The molecule has 0 fully saturated rings. The van der Waals surface area contributed by atoms with Gasteiger partial charge in [0.25, 0.3) is 11.4 Å². The number of fused-ring (bicyclic) bond motifs is 1. The van der Waals surface area contributed by atoms with Crippen LogP contribution in [-0.4, -0.2) is 43.6 Å². The number of ketones is 1. The van der Waals surface area contributed by atoms with Crippen molar-refractivity contribution in [1.82, 2.24) is 25.1 Å². The normalized spacial score (nSPS) is 13.6. The highest BCUT2D eigenvalue weighted by Crippen LogP contribution is 2.31. The summed E-state index contributed by atoms with van der Waals surface area (Å²) < 4.78 is 25.3. The lowest BCUT2D eigenvalue weighted by molar-refractivity contribution is -0.122. The first-order valence-corrected chi connectivity index (χ1v) is 13.5. The molecular weight excluding hydrogens is 559 g/mol. The second-order valence-corrected chi connectivity index (χ2v) is 10.9. The summed E-state index contributed by atoms with van der Waals surface area (Å²) in [4.78, 5) is 56.6. The molecule has 0 saturated carbocycles. The molecule has 4 aromatic rings. The van der Waals surface area contributed by atoms with E-state index in [2.05, 4.69) is 25.8 Å². The molecule has 0 bridgehead atoms. The third kappa shape index (κ3) is 5.92. The summed E-state index contributed by atoms with van der Waals surface area (Å²) >= 11 is 0. The average Bonchev–Trinajstić information content (AvgIpc) is 3.49. The molecule has 2 aromatic heterocycles. The average molecular weight is 589 g/mol. The van der Waals surface area contributed by atoms with Crippen LogP contribution >= 0.6 is 0 Å². The number of anilines is 1. The molecule has 0 aliphatic carbocycles. The molecule has 1 atom stereocenters. The molecule has 2 amide bonds. The number of nitrogens with one attached hydrogen (secondary N) is 2. The number of hydrogen-bond donors (Lipinski definition) is 2. The Labute approximate surface area is 245 Å².